The maximum absolute atomic E-state index is 4.37. The number of H-pyrrole nitrogens is 1. The molecule has 1 aliphatic rings. The average molecular weight is 288 g/mol. The first-order valence-electron chi connectivity index (χ1n) is 7.45. The van der Waals surface area contributed by atoms with Crippen molar-refractivity contribution >= 4 is 11.6 Å². The van der Waals surface area contributed by atoms with Gasteiger partial charge < -0.3 is 10.2 Å². The molecule has 8 nitrogen and oxygen atoms in total. The Kier molecular flexibility index (Phi) is 4.55. The molecule has 3 rings (SSSR count). The van der Waals surface area contributed by atoms with Crippen LogP contribution in [0.25, 0.3) is 0 Å². The molecule has 0 amide bonds. The Morgan fingerprint density at radius 2 is 2.10 bits per heavy atom. The Morgan fingerprint density at radius 1 is 1.19 bits per heavy atom. The van der Waals surface area contributed by atoms with Crippen LogP contribution in [0.15, 0.2) is 12.4 Å². The minimum absolute atomic E-state index is 0.744. The predicted octanol–water partition coefficient (Wildman–Crippen LogP) is 1.02. The summed E-state index contributed by atoms with van der Waals surface area (Å²) in [5.41, 5.74) is 0. The molecule has 0 atom stereocenters. The van der Waals surface area contributed by atoms with Gasteiger partial charge in [-0.05, 0) is 25.7 Å². The summed E-state index contributed by atoms with van der Waals surface area (Å²) in [6, 6.07) is 2.03. The molecule has 1 aliphatic heterocycles. The number of piperidine rings is 1. The molecule has 2 N–H and O–H groups in total. The van der Waals surface area contributed by atoms with E-state index in [0.29, 0.717) is 0 Å². The third-order valence-electron chi connectivity index (χ3n) is 3.61. The van der Waals surface area contributed by atoms with Gasteiger partial charge in [0, 0.05) is 32.1 Å². The maximum atomic E-state index is 4.37. The summed E-state index contributed by atoms with van der Waals surface area (Å²) in [4.78, 5) is 11.0. The zero-order valence-electron chi connectivity index (χ0n) is 12.0. The lowest BCUT2D eigenvalue weighted by Gasteiger charge is -2.27. The van der Waals surface area contributed by atoms with Crippen LogP contribution in [-0.2, 0) is 6.42 Å². The maximum Gasteiger partial charge on any atom is 0.174 e. The van der Waals surface area contributed by atoms with Gasteiger partial charge in [-0.15, -0.1) is 10.2 Å². The highest BCUT2D eigenvalue weighted by Gasteiger charge is 2.12. The van der Waals surface area contributed by atoms with Crippen LogP contribution in [0, 0.1) is 0 Å². The molecule has 0 bridgehead atoms. The summed E-state index contributed by atoms with van der Waals surface area (Å²) in [5.74, 6) is 2.64. The van der Waals surface area contributed by atoms with Crippen LogP contribution in [0.5, 0.6) is 0 Å². The molecule has 0 radical (unpaired) electrons. The molecule has 1 fully saturated rings. The topological polar surface area (TPSA) is 95.5 Å². The lowest BCUT2D eigenvalue weighted by atomic mass is 10.1. The van der Waals surface area contributed by atoms with Crippen molar-refractivity contribution in [3.05, 3.63) is 18.2 Å². The molecule has 2 aromatic rings. The van der Waals surface area contributed by atoms with E-state index in [0.717, 1.165) is 49.9 Å². The number of nitrogens with one attached hydrogen (secondary N) is 2. The molecule has 2 aromatic heterocycles. The number of hydrogen-bond acceptors (Lipinski definition) is 7. The number of nitrogens with zero attached hydrogens (tertiary/aromatic N) is 6. The molecule has 0 spiro atoms. The molecule has 0 unspecified atom stereocenters. The summed E-state index contributed by atoms with van der Waals surface area (Å²) in [6.45, 7) is 3.01. The van der Waals surface area contributed by atoms with Crippen LogP contribution in [0.3, 0.4) is 0 Å². The van der Waals surface area contributed by atoms with Crippen LogP contribution in [0.2, 0.25) is 0 Å². The van der Waals surface area contributed by atoms with Crippen molar-refractivity contribution in [2.75, 3.05) is 29.9 Å². The summed E-state index contributed by atoms with van der Waals surface area (Å²) >= 11 is 0. The Morgan fingerprint density at radius 3 is 2.90 bits per heavy atom. The molecular weight excluding hydrogens is 268 g/mol. The largest absolute Gasteiger partial charge is 0.370 e. The van der Waals surface area contributed by atoms with Crippen LogP contribution in [0.4, 0.5) is 11.6 Å². The van der Waals surface area contributed by atoms with Gasteiger partial charge >= 0.3 is 0 Å². The minimum Gasteiger partial charge on any atom is -0.370 e. The molecule has 0 aromatic carbocycles. The van der Waals surface area contributed by atoms with E-state index in [2.05, 4.69) is 40.8 Å². The molecular formula is C13H20N8. The fourth-order valence-corrected chi connectivity index (χ4v) is 2.49. The van der Waals surface area contributed by atoms with E-state index in [9.17, 15) is 0 Å². The van der Waals surface area contributed by atoms with Crippen molar-refractivity contribution in [1.29, 1.82) is 0 Å². The summed E-state index contributed by atoms with van der Waals surface area (Å²) in [5, 5.41) is 17.2. The van der Waals surface area contributed by atoms with Gasteiger partial charge in [0.05, 0.1) is 0 Å². The standard InChI is InChI=1S/C13H20N8/c1-2-7-21(8-3-1)13-9-12(15-10-16-13)14-6-4-5-11-17-19-20-18-11/h9-10H,1-8H2,(H,14,15,16)(H,17,18,19,20). The fourth-order valence-electron chi connectivity index (χ4n) is 2.49. The van der Waals surface area contributed by atoms with E-state index in [1.165, 1.54) is 19.3 Å². The van der Waals surface area contributed by atoms with Crippen LogP contribution in [0.1, 0.15) is 31.5 Å². The van der Waals surface area contributed by atoms with Gasteiger partial charge in [0.1, 0.15) is 18.0 Å². The van der Waals surface area contributed by atoms with Crippen molar-refractivity contribution < 1.29 is 0 Å². The first-order valence-corrected chi connectivity index (χ1v) is 7.45. The predicted molar refractivity (Wildman–Crippen MR) is 79.1 cm³/mol. The lowest BCUT2D eigenvalue weighted by Crippen LogP contribution is -2.30. The van der Waals surface area contributed by atoms with E-state index in [1.54, 1.807) is 6.33 Å². The molecule has 3 heterocycles. The quantitative estimate of drug-likeness (QED) is 0.766. The number of tetrazole rings is 1. The number of hydrogen-bond donors (Lipinski definition) is 2. The number of anilines is 2. The molecule has 112 valence electrons. The molecule has 21 heavy (non-hydrogen) atoms. The summed E-state index contributed by atoms with van der Waals surface area (Å²) < 4.78 is 0. The monoisotopic (exact) mass is 288 g/mol. The van der Waals surface area contributed by atoms with Crippen molar-refractivity contribution in [2.45, 2.75) is 32.1 Å². The third kappa shape index (κ3) is 3.87. The number of rotatable bonds is 6. The summed E-state index contributed by atoms with van der Waals surface area (Å²) in [7, 11) is 0. The first kappa shape index (κ1) is 13.7. The van der Waals surface area contributed by atoms with E-state index >= 15 is 0 Å². The number of aromatic nitrogens is 6. The Labute approximate surface area is 123 Å². The molecule has 0 aliphatic carbocycles. The molecule has 0 saturated carbocycles. The SMILES string of the molecule is c1nc(NCCCc2nn[nH]n2)cc(N2CCCCC2)n1. The van der Waals surface area contributed by atoms with Crippen molar-refractivity contribution in [2.24, 2.45) is 0 Å². The smallest absolute Gasteiger partial charge is 0.174 e. The zero-order chi connectivity index (χ0) is 14.3. The van der Waals surface area contributed by atoms with Crippen molar-refractivity contribution in [3.8, 4) is 0 Å². The van der Waals surface area contributed by atoms with E-state index in [1.807, 2.05) is 6.07 Å². The Bertz CT molecular complexity index is 535. The van der Waals surface area contributed by atoms with Crippen molar-refractivity contribution in [3.63, 3.8) is 0 Å². The lowest BCUT2D eigenvalue weighted by molar-refractivity contribution is 0.573. The highest BCUT2D eigenvalue weighted by molar-refractivity contribution is 5.48. The minimum atomic E-state index is 0.744. The van der Waals surface area contributed by atoms with Crippen LogP contribution < -0.4 is 10.2 Å². The van der Waals surface area contributed by atoms with Gasteiger partial charge in [-0.3, -0.25) is 0 Å². The number of aromatic amines is 1. The highest BCUT2D eigenvalue weighted by Crippen LogP contribution is 2.18. The van der Waals surface area contributed by atoms with Crippen molar-refractivity contribution in [1.82, 2.24) is 30.6 Å². The van der Waals surface area contributed by atoms with E-state index in [4.69, 9.17) is 0 Å². The average Bonchev–Trinajstić information content (AvgIpc) is 3.06. The van der Waals surface area contributed by atoms with E-state index < -0.39 is 0 Å². The van der Waals surface area contributed by atoms with Gasteiger partial charge in [0.15, 0.2) is 5.82 Å². The Balaban J connectivity index is 1.48. The second-order valence-electron chi connectivity index (χ2n) is 5.17. The first-order chi connectivity index (χ1) is 10.4. The van der Waals surface area contributed by atoms with E-state index in [-0.39, 0.29) is 0 Å². The van der Waals surface area contributed by atoms with Gasteiger partial charge in [0.25, 0.3) is 0 Å². The highest BCUT2D eigenvalue weighted by atomic mass is 15.5. The van der Waals surface area contributed by atoms with Gasteiger partial charge in [-0.25, -0.2) is 9.97 Å². The second kappa shape index (κ2) is 6.96. The Hall–Kier alpha value is -2.25. The van der Waals surface area contributed by atoms with Crippen LogP contribution >= 0.6 is 0 Å². The normalized spacial score (nSPS) is 15.1. The van der Waals surface area contributed by atoms with Crippen LogP contribution in [-0.4, -0.2) is 50.2 Å². The fraction of sp³-hybridized carbons (Fsp3) is 0.615. The third-order valence-corrected chi connectivity index (χ3v) is 3.61. The molecule has 8 heteroatoms. The second-order valence-corrected chi connectivity index (χ2v) is 5.17. The van der Waals surface area contributed by atoms with Gasteiger partial charge in [0.2, 0.25) is 0 Å². The molecule has 1 saturated heterocycles. The zero-order valence-corrected chi connectivity index (χ0v) is 12.0. The summed E-state index contributed by atoms with van der Waals surface area (Å²) in [6.07, 6.45) is 7.18. The van der Waals surface area contributed by atoms with Gasteiger partial charge in [-0.1, -0.05) is 5.21 Å². The van der Waals surface area contributed by atoms with Gasteiger partial charge in [-0.2, -0.15) is 5.21 Å². The number of aryl methyl sites for hydroxylation is 1.